The molecule has 3 rings (SSSR count). The third-order valence-corrected chi connectivity index (χ3v) is 6.87. The lowest BCUT2D eigenvalue weighted by atomic mass is 9.82. The van der Waals surface area contributed by atoms with E-state index in [4.69, 9.17) is 21.1 Å². The Bertz CT molecular complexity index is 1140. The Kier molecular flexibility index (Phi) is 9.10. The standard InChI is InChI=1S/C27H30ClF4NO4/c1-15(2)33(25(34)18-8-5-16(3)6-9-18)22-13-21(29)24(12-19(22)26(35)36-4)37-23-10-7-17(14-28)11-20(23)27(30,31)32/h7,10-13,15-16,18H,5-6,8-9,14H2,1-4H3/t16-,18-. The number of rotatable bonds is 7. The Labute approximate surface area is 218 Å². The van der Waals surface area contributed by atoms with Crippen molar-refractivity contribution in [2.24, 2.45) is 11.8 Å². The largest absolute Gasteiger partial charge is 0.465 e. The molecule has 10 heteroatoms. The van der Waals surface area contributed by atoms with Crippen molar-refractivity contribution >= 4 is 29.2 Å². The quantitative estimate of drug-likeness (QED) is 0.204. The first kappa shape index (κ1) is 28.8. The smallest absolute Gasteiger partial charge is 0.419 e. The molecule has 0 bridgehead atoms. The van der Waals surface area contributed by atoms with E-state index in [0.29, 0.717) is 18.8 Å². The van der Waals surface area contributed by atoms with Crippen LogP contribution < -0.4 is 9.64 Å². The van der Waals surface area contributed by atoms with Crippen LogP contribution in [-0.2, 0) is 21.6 Å². The molecule has 0 N–H and O–H groups in total. The average molecular weight is 544 g/mol. The summed E-state index contributed by atoms with van der Waals surface area (Å²) in [7, 11) is 1.12. The highest BCUT2D eigenvalue weighted by molar-refractivity contribution is 6.17. The van der Waals surface area contributed by atoms with Gasteiger partial charge in [-0.1, -0.05) is 13.0 Å². The van der Waals surface area contributed by atoms with Gasteiger partial charge in [-0.05, 0) is 63.1 Å². The van der Waals surface area contributed by atoms with E-state index in [2.05, 4.69) is 6.92 Å². The Morgan fingerprint density at radius 1 is 1.08 bits per heavy atom. The maximum atomic E-state index is 15.3. The summed E-state index contributed by atoms with van der Waals surface area (Å²) in [5.74, 6) is -3.35. The van der Waals surface area contributed by atoms with Gasteiger partial charge in [0.25, 0.3) is 0 Å². The van der Waals surface area contributed by atoms with Gasteiger partial charge in [-0.3, -0.25) is 4.79 Å². The molecule has 1 aliphatic carbocycles. The number of benzene rings is 2. The average Bonchev–Trinajstić information content (AvgIpc) is 2.84. The molecule has 0 spiro atoms. The van der Waals surface area contributed by atoms with Crippen LogP contribution in [0.15, 0.2) is 30.3 Å². The van der Waals surface area contributed by atoms with Crippen molar-refractivity contribution in [1.82, 2.24) is 0 Å². The molecule has 2 aromatic carbocycles. The molecule has 202 valence electrons. The topological polar surface area (TPSA) is 55.8 Å². The fourth-order valence-electron chi connectivity index (χ4n) is 4.54. The molecule has 1 amide bonds. The minimum absolute atomic E-state index is 0.0242. The fourth-order valence-corrected chi connectivity index (χ4v) is 4.70. The molecule has 1 saturated carbocycles. The lowest BCUT2D eigenvalue weighted by Crippen LogP contribution is -2.43. The van der Waals surface area contributed by atoms with Crippen molar-refractivity contribution in [3.05, 3.63) is 52.8 Å². The van der Waals surface area contributed by atoms with Crippen LogP contribution in [0.1, 0.15) is 67.9 Å². The third kappa shape index (κ3) is 6.55. The number of nitrogens with zero attached hydrogens (tertiary/aromatic N) is 1. The van der Waals surface area contributed by atoms with Crippen molar-refractivity contribution in [1.29, 1.82) is 0 Å². The van der Waals surface area contributed by atoms with E-state index in [0.717, 1.165) is 44.2 Å². The van der Waals surface area contributed by atoms with Crippen molar-refractivity contribution in [2.45, 2.75) is 64.6 Å². The Morgan fingerprint density at radius 2 is 1.73 bits per heavy atom. The molecule has 1 aliphatic rings. The van der Waals surface area contributed by atoms with E-state index in [1.165, 1.54) is 11.0 Å². The second-order valence-electron chi connectivity index (χ2n) is 9.61. The fraction of sp³-hybridized carbons (Fsp3) is 0.481. The highest BCUT2D eigenvalue weighted by atomic mass is 35.5. The molecule has 0 aliphatic heterocycles. The first-order valence-electron chi connectivity index (χ1n) is 12.1. The number of methoxy groups -OCH3 is 1. The van der Waals surface area contributed by atoms with Gasteiger partial charge >= 0.3 is 12.1 Å². The Morgan fingerprint density at radius 3 is 2.27 bits per heavy atom. The van der Waals surface area contributed by atoms with Crippen LogP contribution in [-0.4, -0.2) is 25.0 Å². The molecule has 0 aromatic heterocycles. The molecule has 37 heavy (non-hydrogen) atoms. The van der Waals surface area contributed by atoms with E-state index in [1.807, 2.05) is 0 Å². The van der Waals surface area contributed by atoms with Gasteiger partial charge in [0.1, 0.15) is 5.75 Å². The second kappa shape index (κ2) is 11.7. The summed E-state index contributed by atoms with van der Waals surface area (Å²) in [6.45, 7) is 5.60. The van der Waals surface area contributed by atoms with Crippen LogP contribution in [0.3, 0.4) is 0 Å². The van der Waals surface area contributed by atoms with E-state index >= 15 is 4.39 Å². The minimum atomic E-state index is -4.79. The second-order valence-corrected chi connectivity index (χ2v) is 9.88. The van der Waals surface area contributed by atoms with Gasteiger partial charge in [0.15, 0.2) is 11.6 Å². The number of esters is 1. The van der Waals surface area contributed by atoms with E-state index in [9.17, 15) is 22.8 Å². The molecule has 0 saturated heterocycles. The normalized spacial score (nSPS) is 18.0. The summed E-state index contributed by atoms with van der Waals surface area (Å²) in [5, 5.41) is 0. The number of alkyl halides is 4. The summed E-state index contributed by atoms with van der Waals surface area (Å²) in [6.07, 6.45) is -1.66. The first-order valence-corrected chi connectivity index (χ1v) is 12.6. The Hall–Kier alpha value is -2.81. The maximum Gasteiger partial charge on any atom is 0.419 e. The molecule has 0 atom stereocenters. The van der Waals surface area contributed by atoms with Crippen LogP contribution in [0.25, 0.3) is 0 Å². The highest BCUT2D eigenvalue weighted by Gasteiger charge is 2.36. The molecule has 0 heterocycles. The first-order chi connectivity index (χ1) is 17.4. The zero-order chi connectivity index (χ0) is 27.5. The van der Waals surface area contributed by atoms with Gasteiger partial charge in [-0.15, -0.1) is 11.6 Å². The Balaban J connectivity index is 2.07. The lowest BCUT2D eigenvalue weighted by molar-refractivity contribution is -0.138. The van der Waals surface area contributed by atoms with Crippen molar-refractivity contribution in [2.75, 3.05) is 12.0 Å². The number of amides is 1. The van der Waals surface area contributed by atoms with Crippen LogP contribution in [0, 0.1) is 17.7 Å². The minimum Gasteiger partial charge on any atom is -0.465 e. The number of carbonyl (C=O) groups is 2. The third-order valence-electron chi connectivity index (χ3n) is 6.56. The van der Waals surface area contributed by atoms with Crippen molar-refractivity contribution in [3.63, 3.8) is 0 Å². The number of halogens is 5. The predicted octanol–water partition coefficient (Wildman–Crippen LogP) is 7.73. The molecule has 0 radical (unpaired) electrons. The van der Waals surface area contributed by atoms with E-state index in [1.54, 1.807) is 13.8 Å². The van der Waals surface area contributed by atoms with Crippen LogP contribution in [0.5, 0.6) is 11.5 Å². The molecule has 2 aromatic rings. The van der Waals surface area contributed by atoms with E-state index < -0.39 is 41.1 Å². The van der Waals surface area contributed by atoms with E-state index in [-0.39, 0.29) is 34.5 Å². The zero-order valence-corrected chi connectivity index (χ0v) is 21.9. The van der Waals surface area contributed by atoms with Crippen LogP contribution in [0.2, 0.25) is 0 Å². The summed E-state index contributed by atoms with van der Waals surface area (Å²) >= 11 is 5.67. The lowest BCUT2D eigenvalue weighted by Gasteiger charge is -2.34. The van der Waals surface area contributed by atoms with Gasteiger partial charge in [0.05, 0.1) is 23.9 Å². The van der Waals surface area contributed by atoms with Gasteiger partial charge in [-0.2, -0.15) is 13.2 Å². The number of hydrogen-bond acceptors (Lipinski definition) is 4. The predicted molar refractivity (Wildman–Crippen MR) is 133 cm³/mol. The van der Waals surface area contributed by atoms with Crippen molar-refractivity contribution < 1.29 is 36.6 Å². The van der Waals surface area contributed by atoms with Gasteiger partial charge in [0, 0.05) is 30.0 Å². The number of ether oxygens (including phenoxy) is 2. The molecular weight excluding hydrogens is 514 g/mol. The van der Waals surface area contributed by atoms with Gasteiger partial charge in [-0.25, -0.2) is 9.18 Å². The monoisotopic (exact) mass is 543 g/mol. The van der Waals surface area contributed by atoms with Gasteiger partial charge in [0.2, 0.25) is 5.91 Å². The zero-order valence-electron chi connectivity index (χ0n) is 21.1. The van der Waals surface area contributed by atoms with Crippen LogP contribution in [0.4, 0.5) is 23.2 Å². The summed E-state index contributed by atoms with van der Waals surface area (Å²) in [4.78, 5) is 27.6. The van der Waals surface area contributed by atoms with Gasteiger partial charge < -0.3 is 14.4 Å². The van der Waals surface area contributed by atoms with Crippen LogP contribution >= 0.6 is 11.6 Å². The summed E-state index contributed by atoms with van der Waals surface area (Å²) in [5.41, 5.74) is -1.16. The number of anilines is 1. The summed E-state index contributed by atoms with van der Waals surface area (Å²) < 4.78 is 66.4. The maximum absolute atomic E-state index is 15.3. The number of hydrogen-bond donors (Lipinski definition) is 0. The molecule has 5 nitrogen and oxygen atoms in total. The molecule has 1 fully saturated rings. The number of carbonyl (C=O) groups excluding carboxylic acids is 2. The SMILES string of the molecule is COC(=O)c1cc(Oc2ccc(CCl)cc2C(F)(F)F)c(F)cc1N(C(=O)[C@H]1CC[C@H](C)CC1)C(C)C. The summed E-state index contributed by atoms with van der Waals surface area (Å²) in [6, 6.07) is 4.67. The van der Waals surface area contributed by atoms with Crippen molar-refractivity contribution in [3.8, 4) is 11.5 Å². The highest BCUT2D eigenvalue weighted by Crippen LogP contribution is 2.41. The molecule has 0 unspecified atom stereocenters. The molecular formula is C27H30ClF4NO4.